The highest BCUT2D eigenvalue weighted by Crippen LogP contribution is 2.38. The number of ether oxygens (including phenoxy) is 5. The molecule has 2 rings (SSSR count). The van der Waals surface area contributed by atoms with Crippen LogP contribution >= 0.6 is 0 Å². The molecule has 2 aromatic carbocycles. The molecule has 0 aromatic heterocycles. The fraction of sp³-hybridized carbons (Fsp3) is 0.273. The van der Waals surface area contributed by atoms with Crippen molar-refractivity contribution in [1.82, 2.24) is 10.9 Å². The number of para-hydroxylation sites is 2. The van der Waals surface area contributed by atoms with Crippen LogP contribution in [0.1, 0.15) is 12.5 Å². The second-order valence-electron chi connectivity index (χ2n) is 6.00. The van der Waals surface area contributed by atoms with Gasteiger partial charge in [-0.1, -0.05) is 12.1 Å². The van der Waals surface area contributed by atoms with Gasteiger partial charge in [0.2, 0.25) is 5.75 Å². The topological polar surface area (TPSA) is 104 Å². The monoisotopic (exact) mass is 430 g/mol. The summed E-state index contributed by atoms with van der Waals surface area (Å²) < 4.78 is 26.7. The van der Waals surface area contributed by atoms with Gasteiger partial charge in [-0.25, -0.2) is 0 Å². The van der Waals surface area contributed by atoms with Gasteiger partial charge < -0.3 is 23.7 Å². The number of amides is 2. The van der Waals surface area contributed by atoms with E-state index in [1.54, 1.807) is 42.5 Å². The number of nitrogens with one attached hydrogen (secondary N) is 2. The highest BCUT2D eigenvalue weighted by Gasteiger charge is 2.12. The third-order valence-electron chi connectivity index (χ3n) is 3.95. The van der Waals surface area contributed by atoms with Crippen molar-refractivity contribution < 1.29 is 33.3 Å². The molecule has 0 fully saturated rings. The molecule has 0 bridgehead atoms. The highest BCUT2D eigenvalue weighted by atomic mass is 16.5. The summed E-state index contributed by atoms with van der Waals surface area (Å²) in [5, 5.41) is 0. The molecule has 9 nitrogen and oxygen atoms in total. The van der Waals surface area contributed by atoms with Gasteiger partial charge in [0, 0.05) is 6.08 Å². The summed E-state index contributed by atoms with van der Waals surface area (Å²) in [5.74, 6) is 1.28. The Balaban J connectivity index is 1.89. The van der Waals surface area contributed by atoms with Crippen LogP contribution < -0.4 is 34.5 Å². The van der Waals surface area contributed by atoms with Gasteiger partial charge in [0.15, 0.2) is 29.6 Å². The number of methoxy groups -OCH3 is 3. The van der Waals surface area contributed by atoms with Gasteiger partial charge in [0.25, 0.3) is 11.8 Å². The van der Waals surface area contributed by atoms with Gasteiger partial charge in [-0.3, -0.25) is 20.4 Å². The maximum Gasteiger partial charge on any atom is 0.276 e. The number of benzene rings is 2. The molecule has 166 valence electrons. The summed E-state index contributed by atoms with van der Waals surface area (Å²) in [4.78, 5) is 23.9. The average Bonchev–Trinajstić information content (AvgIpc) is 2.80. The Labute approximate surface area is 180 Å². The SMILES string of the molecule is CCOc1ccccc1OCC(=O)NNC(=O)/C=C/c1cc(OC)c(OC)c(OC)c1. The molecule has 2 amide bonds. The van der Waals surface area contributed by atoms with Crippen molar-refractivity contribution in [2.45, 2.75) is 6.92 Å². The number of rotatable bonds is 10. The summed E-state index contributed by atoms with van der Waals surface area (Å²) in [6.07, 6.45) is 2.80. The average molecular weight is 430 g/mol. The first kappa shape index (κ1) is 23.4. The zero-order chi connectivity index (χ0) is 22.6. The molecular weight excluding hydrogens is 404 g/mol. The van der Waals surface area contributed by atoms with E-state index in [0.29, 0.717) is 40.9 Å². The predicted molar refractivity (Wildman–Crippen MR) is 115 cm³/mol. The minimum Gasteiger partial charge on any atom is -0.493 e. The van der Waals surface area contributed by atoms with Gasteiger partial charge in [0.05, 0.1) is 27.9 Å². The van der Waals surface area contributed by atoms with Crippen LogP contribution in [-0.2, 0) is 9.59 Å². The number of carbonyl (C=O) groups is 2. The molecule has 0 unspecified atom stereocenters. The van der Waals surface area contributed by atoms with Crippen LogP contribution in [0.15, 0.2) is 42.5 Å². The summed E-state index contributed by atoms with van der Waals surface area (Å²) in [6, 6.07) is 10.4. The van der Waals surface area contributed by atoms with Gasteiger partial charge >= 0.3 is 0 Å². The zero-order valence-corrected chi connectivity index (χ0v) is 17.9. The quantitative estimate of drug-likeness (QED) is 0.440. The molecule has 9 heteroatoms. The van der Waals surface area contributed by atoms with E-state index >= 15 is 0 Å². The Morgan fingerprint density at radius 2 is 1.48 bits per heavy atom. The van der Waals surface area contributed by atoms with Crippen LogP contribution in [-0.4, -0.2) is 46.4 Å². The van der Waals surface area contributed by atoms with Crippen LogP contribution in [0.2, 0.25) is 0 Å². The molecule has 0 saturated heterocycles. The second kappa shape index (κ2) is 12.0. The third kappa shape index (κ3) is 6.84. The van der Waals surface area contributed by atoms with Gasteiger partial charge in [-0.05, 0) is 42.8 Å². The van der Waals surface area contributed by atoms with E-state index in [0.717, 1.165) is 0 Å². The van der Waals surface area contributed by atoms with Crippen LogP contribution in [0.4, 0.5) is 0 Å². The van der Waals surface area contributed by atoms with Crippen LogP contribution in [0.5, 0.6) is 28.7 Å². The highest BCUT2D eigenvalue weighted by molar-refractivity contribution is 5.93. The number of hydrazine groups is 1. The van der Waals surface area contributed by atoms with Gasteiger partial charge in [0.1, 0.15) is 0 Å². The van der Waals surface area contributed by atoms with Crippen molar-refractivity contribution >= 4 is 17.9 Å². The standard InChI is InChI=1S/C22H26N2O7/c1-5-30-16-8-6-7-9-17(16)31-14-21(26)24-23-20(25)11-10-15-12-18(27-2)22(29-4)19(13-15)28-3/h6-13H,5,14H2,1-4H3,(H,23,25)(H,24,26)/b11-10+. The predicted octanol–water partition coefficient (Wildman–Crippen LogP) is 2.35. The van der Waals surface area contributed by atoms with Gasteiger partial charge in [-0.15, -0.1) is 0 Å². The normalized spacial score (nSPS) is 10.3. The lowest BCUT2D eigenvalue weighted by Gasteiger charge is -2.13. The maximum atomic E-state index is 12.0. The molecule has 2 N–H and O–H groups in total. The molecule has 2 aromatic rings. The van der Waals surface area contributed by atoms with Gasteiger partial charge in [-0.2, -0.15) is 0 Å². The van der Waals surface area contributed by atoms with Crippen molar-refractivity contribution in [3.05, 3.63) is 48.0 Å². The van der Waals surface area contributed by atoms with Crippen molar-refractivity contribution in [2.24, 2.45) is 0 Å². The number of hydrogen-bond donors (Lipinski definition) is 2. The maximum absolute atomic E-state index is 12.0. The van der Waals surface area contributed by atoms with E-state index in [2.05, 4.69) is 10.9 Å². The fourth-order valence-corrected chi connectivity index (χ4v) is 2.57. The Morgan fingerprint density at radius 1 is 0.871 bits per heavy atom. The molecule has 31 heavy (non-hydrogen) atoms. The Bertz CT molecular complexity index is 903. The summed E-state index contributed by atoms with van der Waals surface area (Å²) in [5.41, 5.74) is 5.21. The van der Waals surface area contributed by atoms with Crippen molar-refractivity contribution in [1.29, 1.82) is 0 Å². The first-order valence-electron chi connectivity index (χ1n) is 9.43. The molecule has 0 aliphatic carbocycles. The van der Waals surface area contributed by atoms with Crippen molar-refractivity contribution in [3.8, 4) is 28.7 Å². The number of hydrogen-bond acceptors (Lipinski definition) is 7. The summed E-state index contributed by atoms with van der Waals surface area (Å²) in [7, 11) is 4.51. The summed E-state index contributed by atoms with van der Waals surface area (Å²) in [6.45, 7) is 2.03. The van der Waals surface area contributed by atoms with E-state index < -0.39 is 11.8 Å². The molecule has 0 radical (unpaired) electrons. The molecule has 0 saturated carbocycles. The van der Waals surface area contributed by atoms with E-state index in [9.17, 15) is 9.59 Å². The molecule has 0 atom stereocenters. The molecular formula is C22H26N2O7. The molecule has 0 aliphatic heterocycles. The second-order valence-corrected chi connectivity index (χ2v) is 6.00. The lowest BCUT2D eigenvalue weighted by atomic mass is 10.1. The summed E-state index contributed by atoms with van der Waals surface area (Å²) >= 11 is 0. The van der Waals surface area contributed by atoms with E-state index in [1.807, 2.05) is 6.92 Å². The van der Waals surface area contributed by atoms with E-state index in [4.69, 9.17) is 23.7 Å². The Kier molecular flexibility index (Phi) is 9.03. The minimum atomic E-state index is -0.531. The van der Waals surface area contributed by atoms with Crippen LogP contribution in [0.25, 0.3) is 6.08 Å². The molecule has 0 spiro atoms. The minimum absolute atomic E-state index is 0.291. The van der Waals surface area contributed by atoms with E-state index in [1.165, 1.54) is 27.4 Å². The molecule has 0 heterocycles. The lowest BCUT2D eigenvalue weighted by molar-refractivity contribution is -0.128. The largest absolute Gasteiger partial charge is 0.493 e. The first-order chi connectivity index (χ1) is 15.0. The Hall–Kier alpha value is -3.88. The van der Waals surface area contributed by atoms with Crippen LogP contribution in [0.3, 0.4) is 0 Å². The fourth-order valence-electron chi connectivity index (χ4n) is 2.57. The third-order valence-corrected chi connectivity index (χ3v) is 3.95. The smallest absolute Gasteiger partial charge is 0.276 e. The van der Waals surface area contributed by atoms with Crippen molar-refractivity contribution in [3.63, 3.8) is 0 Å². The van der Waals surface area contributed by atoms with E-state index in [-0.39, 0.29) is 6.61 Å². The Morgan fingerprint density at radius 3 is 2.03 bits per heavy atom. The molecule has 0 aliphatic rings. The zero-order valence-electron chi connectivity index (χ0n) is 17.9. The van der Waals surface area contributed by atoms with Crippen molar-refractivity contribution in [2.75, 3.05) is 34.5 Å². The lowest BCUT2D eigenvalue weighted by Crippen LogP contribution is -2.43. The first-order valence-corrected chi connectivity index (χ1v) is 9.43. The van der Waals surface area contributed by atoms with Crippen LogP contribution in [0, 0.1) is 0 Å². The number of carbonyl (C=O) groups excluding carboxylic acids is 2.